The number of carbonyl (C=O) groups is 2. The molecule has 0 atom stereocenters. The summed E-state index contributed by atoms with van der Waals surface area (Å²) in [5.74, 6) is -1.52. The van der Waals surface area contributed by atoms with Gasteiger partial charge in [0.05, 0.1) is 22.4 Å². The van der Waals surface area contributed by atoms with Crippen molar-refractivity contribution in [3.05, 3.63) is 58.9 Å². The van der Waals surface area contributed by atoms with Crippen LogP contribution in [0.5, 0.6) is 11.5 Å². The molecular weight excluding hydrogens is 270 g/mol. The number of hydrogen-bond acceptors (Lipinski definition) is 4. The van der Waals surface area contributed by atoms with Crippen molar-refractivity contribution in [2.24, 2.45) is 0 Å². The van der Waals surface area contributed by atoms with Gasteiger partial charge in [-0.1, -0.05) is 24.3 Å². The SMILES string of the molecule is O=C1c2cc[nH]c2C(=O)c2c1c(O)c1ccccc1c2O. The molecule has 21 heavy (non-hydrogen) atoms. The molecule has 5 nitrogen and oxygen atoms in total. The Morgan fingerprint density at radius 3 is 2.00 bits per heavy atom. The van der Waals surface area contributed by atoms with Crippen LogP contribution in [-0.2, 0) is 0 Å². The van der Waals surface area contributed by atoms with Gasteiger partial charge in [0, 0.05) is 17.0 Å². The van der Waals surface area contributed by atoms with Crippen molar-refractivity contribution in [3.8, 4) is 11.5 Å². The van der Waals surface area contributed by atoms with E-state index in [1.807, 2.05) is 0 Å². The number of carbonyl (C=O) groups excluding carboxylic acids is 2. The van der Waals surface area contributed by atoms with E-state index in [0.29, 0.717) is 10.8 Å². The van der Waals surface area contributed by atoms with Crippen LogP contribution in [0.4, 0.5) is 0 Å². The van der Waals surface area contributed by atoms with Gasteiger partial charge in [-0.2, -0.15) is 0 Å². The van der Waals surface area contributed by atoms with E-state index >= 15 is 0 Å². The Morgan fingerprint density at radius 2 is 1.38 bits per heavy atom. The first-order valence-corrected chi connectivity index (χ1v) is 6.34. The lowest BCUT2D eigenvalue weighted by Gasteiger charge is -2.18. The molecule has 0 fully saturated rings. The van der Waals surface area contributed by atoms with Crippen molar-refractivity contribution in [3.63, 3.8) is 0 Å². The fourth-order valence-corrected chi connectivity index (χ4v) is 2.85. The average molecular weight is 279 g/mol. The molecule has 0 aliphatic heterocycles. The van der Waals surface area contributed by atoms with E-state index in [1.54, 1.807) is 24.3 Å². The van der Waals surface area contributed by atoms with Gasteiger partial charge in [0.2, 0.25) is 5.78 Å². The molecule has 3 aromatic rings. The highest BCUT2D eigenvalue weighted by Gasteiger charge is 2.36. The molecule has 0 saturated heterocycles. The second-order valence-corrected chi connectivity index (χ2v) is 4.92. The summed E-state index contributed by atoms with van der Waals surface area (Å²) in [6, 6.07) is 8.04. The normalized spacial score (nSPS) is 13.3. The van der Waals surface area contributed by atoms with Crippen molar-refractivity contribution in [2.45, 2.75) is 0 Å². The molecule has 1 heterocycles. The number of aromatic hydroxyl groups is 2. The van der Waals surface area contributed by atoms with Gasteiger partial charge in [0.25, 0.3) is 0 Å². The lowest BCUT2D eigenvalue weighted by molar-refractivity contribution is 0.0972. The van der Waals surface area contributed by atoms with Crippen LogP contribution in [0, 0.1) is 0 Å². The number of ketones is 2. The molecule has 0 amide bonds. The number of aromatic nitrogens is 1. The maximum Gasteiger partial charge on any atom is 0.214 e. The molecule has 1 aliphatic rings. The minimum Gasteiger partial charge on any atom is -0.506 e. The summed E-state index contributed by atoms with van der Waals surface area (Å²) in [6.45, 7) is 0. The number of H-pyrrole nitrogens is 1. The molecule has 1 aliphatic carbocycles. The first-order valence-electron chi connectivity index (χ1n) is 6.34. The molecule has 0 spiro atoms. The third-order valence-electron chi connectivity index (χ3n) is 3.83. The summed E-state index contributed by atoms with van der Waals surface area (Å²) in [5.41, 5.74) is 0.0596. The molecule has 0 bridgehead atoms. The summed E-state index contributed by atoms with van der Waals surface area (Å²) >= 11 is 0. The molecular formula is C16H9NO4. The monoisotopic (exact) mass is 279 g/mol. The molecule has 3 N–H and O–H groups in total. The Balaban J connectivity index is 2.21. The molecule has 0 unspecified atom stereocenters. The zero-order chi connectivity index (χ0) is 14.7. The van der Waals surface area contributed by atoms with Crippen molar-refractivity contribution in [1.29, 1.82) is 0 Å². The van der Waals surface area contributed by atoms with Crippen molar-refractivity contribution < 1.29 is 19.8 Å². The van der Waals surface area contributed by atoms with Crippen LogP contribution >= 0.6 is 0 Å². The quantitative estimate of drug-likeness (QED) is 0.431. The minimum absolute atomic E-state index is 0.136. The lowest BCUT2D eigenvalue weighted by Crippen LogP contribution is -2.20. The number of rotatable bonds is 0. The Hall–Kier alpha value is -3.08. The van der Waals surface area contributed by atoms with Crippen molar-refractivity contribution >= 4 is 22.3 Å². The molecule has 4 rings (SSSR count). The lowest BCUT2D eigenvalue weighted by atomic mass is 9.84. The first-order chi connectivity index (χ1) is 10.1. The highest BCUT2D eigenvalue weighted by Crippen LogP contribution is 2.43. The summed E-state index contributed by atoms with van der Waals surface area (Å²) in [7, 11) is 0. The maximum atomic E-state index is 12.5. The fraction of sp³-hybridized carbons (Fsp3) is 0. The predicted molar refractivity (Wildman–Crippen MR) is 74.9 cm³/mol. The number of aromatic amines is 1. The van der Waals surface area contributed by atoms with Gasteiger partial charge in [0.15, 0.2) is 5.78 Å². The van der Waals surface area contributed by atoms with Gasteiger partial charge in [-0.05, 0) is 6.07 Å². The van der Waals surface area contributed by atoms with Crippen LogP contribution in [0.15, 0.2) is 36.5 Å². The smallest absolute Gasteiger partial charge is 0.214 e. The second-order valence-electron chi connectivity index (χ2n) is 4.92. The van der Waals surface area contributed by atoms with E-state index in [-0.39, 0.29) is 33.9 Å². The summed E-state index contributed by atoms with van der Waals surface area (Å²) in [6.07, 6.45) is 1.49. The van der Waals surface area contributed by atoms with Crippen LogP contribution in [0.25, 0.3) is 10.8 Å². The zero-order valence-corrected chi connectivity index (χ0v) is 10.7. The predicted octanol–water partition coefficient (Wildman–Crippen LogP) is 2.35. The first kappa shape index (κ1) is 11.7. The number of nitrogens with one attached hydrogen (secondary N) is 1. The molecule has 0 radical (unpaired) electrons. The third kappa shape index (κ3) is 1.30. The van der Waals surface area contributed by atoms with Crippen LogP contribution in [0.2, 0.25) is 0 Å². The number of hydrogen-bond donors (Lipinski definition) is 3. The average Bonchev–Trinajstić information content (AvgIpc) is 2.98. The number of fused-ring (bicyclic) bond motifs is 3. The van der Waals surface area contributed by atoms with E-state index in [0.717, 1.165) is 0 Å². The minimum atomic E-state index is -0.497. The van der Waals surface area contributed by atoms with E-state index in [4.69, 9.17) is 0 Å². The van der Waals surface area contributed by atoms with Crippen LogP contribution in [0.1, 0.15) is 32.0 Å². The number of phenols is 2. The van der Waals surface area contributed by atoms with E-state index in [2.05, 4.69) is 4.98 Å². The van der Waals surface area contributed by atoms with Crippen LogP contribution < -0.4 is 0 Å². The zero-order valence-electron chi connectivity index (χ0n) is 10.7. The second kappa shape index (κ2) is 3.73. The maximum absolute atomic E-state index is 12.5. The van der Waals surface area contributed by atoms with Gasteiger partial charge in [0.1, 0.15) is 11.5 Å². The van der Waals surface area contributed by atoms with Gasteiger partial charge in [-0.3, -0.25) is 9.59 Å². The summed E-state index contributed by atoms with van der Waals surface area (Å²) < 4.78 is 0. The number of benzene rings is 2. The van der Waals surface area contributed by atoms with Crippen LogP contribution in [-0.4, -0.2) is 26.8 Å². The van der Waals surface area contributed by atoms with Gasteiger partial charge < -0.3 is 15.2 Å². The van der Waals surface area contributed by atoms with E-state index < -0.39 is 11.6 Å². The molecule has 5 heteroatoms. The molecule has 0 saturated carbocycles. The Kier molecular flexibility index (Phi) is 2.08. The van der Waals surface area contributed by atoms with Crippen LogP contribution in [0.3, 0.4) is 0 Å². The van der Waals surface area contributed by atoms with E-state index in [1.165, 1.54) is 12.3 Å². The van der Waals surface area contributed by atoms with Gasteiger partial charge in [-0.15, -0.1) is 0 Å². The standard InChI is InChI=1S/C16H9NO4/c18-13-7-3-1-2-4-8(7)14(19)11-10(13)15(20)9-5-6-17-12(9)16(11)21/h1-6,17-19H. The van der Waals surface area contributed by atoms with Gasteiger partial charge >= 0.3 is 0 Å². The van der Waals surface area contributed by atoms with Crippen molar-refractivity contribution in [1.82, 2.24) is 4.98 Å². The Labute approximate surface area is 118 Å². The highest BCUT2D eigenvalue weighted by molar-refractivity contribution is 6.31. The molecule has 1 aromatic heterocycles. The largest absolute Gasteiger partial charge is 0.506 e. The fourth-order valence-electron chi connectivity index (χ4n) is 2.85. The topological polar surface area (TPSA) is 90.4 Å². The number of phenolic OH excluding ortho intramolecular Hbond substituents is 2. The summed E-state index contributed by atoms with van der Waals surface area (Å²) in [5, 5.41) is 21.4. The van der Waals surface area contributed by atoms with Crippen molar-refractivity contribution in [2.75, 3.05) is 0 Å². The summed E-state index contributed by atoms with van der Waals surface area (Å²) in [4.78, 5) is 27.7. The Bertz CT molecular complexity index is 877. The van der Waals surface area contributed by atoms with Gasteiger partial charge in [-0.25, -0.2) is 0 Å². The van der Waals surface area contributed by atoms with E-state index in [9.17, 15) is 19.8 Å². The molecule has 102 valence electrons. The molecule has 2 aromatic carbocycles. The Morgan fingerprint density at radius 1 is 0.810 bits per heavy atom. The highest BCUT2D eigenvalue weighted by atomic mass is 16.3. The third-order valence-corrected chi connectivity index (χ3v) is 3.83.